The Morgan fingerprint density at radius 2 is 1.74 bits per heavy atom. The quantitative estimate of drug-likeness (QED) is 0.427. The lowest BCUT2D eigenvalue weighted by Crippen LogP contribution is -2.54. The van der Waals surface area contributed by atoms with Gasteiger partial charge >= 0.3 is 16.2 Å². The number of amides is 3. The van der Waals surface area contributed by atoms with E-state index in [0.717, 1.165) is 34.0 Å². The lowest BCUT2D eigenvalue weighted by Gasteiger charge is -2.26. The number of benzene rings is 2. The Bertz CT molecular complexity index is 1430. The highest BCUT2D eigenvalue weighted by Crippen LogP contribution is 2.26. The lowest BCUT2D eigenvalue weighted by atomic mass is 10.0. The smallest absolute Gasteiger partial charge is 0.325 e. The molecule has 0 spiro atoms. The summed E-state index contributed by atoms with van der Waals surface area (Å²) in [6.45, 7) is 2.09. The van der Waals surface area contributed by atoms with Gasteiger partial charge in [0.05, 0.1) is 0 Å². The number of fused-ring (bicyclic) bond motifs is 1. The second kappa shape index (κ2) is 12.4. The molecule has 3 amide bonds. The van der Waals surface area contributed by atoms with Gasteiger partial charge < -0.3 is 10.2 Å². The third kappa shape index (κ3) is 7.03. The first-order chi connectivity index (χ1) is 18.1. The van der Waals surface area contributed by atoms with E-state index in [1.807, 2.05) is 23.8 Å². The standard InChI is InChI=1S/C26H27F2N5O4S.H2S/c1-3-17-6-8-22(9-7-17)32(2)25(34)23(15-18-13-20(27)16-21(28)14-18)30-26(35)31-38(36,37)33-12-10-19-5-4-11-29-24(19)33;/h4-9,11,13-14,16,23H,3,10,12,15H2,1-2H3,(H2,30,31,35);1H2/t23-;/m0./s1. The number of likely N-dealkylation sites (N-methyl/N-ethyl adjacent to an activating group) is 1. The van der Waals surface area contributed by atoms with Gasteiger partial charge in [-0.25, -0.2) is 27.6 Å². The van der Waals surface area contributed by atoms with Gasteiger partial charge in [0.15, 0.2) is 0 Å². The average molecular weight is 578 g/mol. The summed E-state index contributed by atoms with van der Waals surface area (Å²) in [5.74, 6) is -2.09. The van der Waals surface area contributed by atoms with Crippen molar-refractivity contribution in [2.24, 2.45) is 0 Å². The maximum Gasteiger partial charge on any atom is 0.330 e. The van der Waals surface area contributed by atoms with Crippen molar-refractivity contribution in [1.82, 2.24) is 15.0 Å². The fourth-order valence-electron chi connectivity index (χ4n) is 4.25. The Morgan fingerprint density at radius 1 is 1.08 bits per heavy atom. The highest BCUT2D eigenvalue weighted by molar-refractivity contribution is 7.91. The normalized spacial score (nSPS) is 13.2. The number of nitrogens with one attached hydrogen (secondary N) is 2. The molecule has 2 heterocycles. The maximum absolute atomic E-state index is 13.8. The number of rotatable bonds is 8. The van der Waals surface area contributed by atoms with Crippen molar-refractivity contribution in [3.8, 4) is 0 Å². The molecule has 2 aromatic carbocycles. The van der Waals surface area contributed by atoms with Crippen LogP contribution in [0.5, 0.6) is 0 Å². The highest BCUT2D eigenvalue weighted by Gasteiger charge is 2.33. The monoisotopic (exact) mass is 577 g/mol. The van der Waals surface area contributed by atoms with E-state index in [4.69, 9.17) is 0 Å². The molecule has 0 saturated carbocycles. The molecule has 0 saturated heterocycles. The van der Waals surface area contributed by atoms with E-state index < -0.39 is 39.8 Å². The van der Waals surface area contributed by atoms with E-state index in [1.54, 1.807) is 24.3 Å². The van der Waals surface area contributed by atoms with Crippen LogP contribution in [0.4, 0.5) is 25.1 Å². The van der Waals surface area contributed by atoms with Crippen molar-refractivity contribution in [2.75, 3.05) is 22.8 Å². The number of aromatic nitrogens is 1. The summed E-state index contributed by atoms with van der Waals surface area (Å²) in [6, 6.07) is 10.9. The van der Waals surface area contributed by atoms with Gasteiger partial charge in [0, 0.05) is 38.0 Å². The van der Waals surface area contributed by atoms with Gasteiger partial charge in [-0.3, -0.25) is 4.79 Å². The topological polar surface area (TPSA) is 112 Å². The number of urea groups is 1. The molecule has 0 unspecified atom stereocenters. The summed E-state index contributed by atoms with van der Waals surface area (Å²) < 4.78 is 56.4. The number of hydrogen-bond donors (Lipinski definition) is 2. The zero-order valence-electron chi connectivity index (χ0n) is 21.3. The number of aryl methyl sites for hydroxylation is 1. The van der Waals surface area contributed by atoms with Crippen molar-refractivity contribution < 1.29 is 26.8 Å². The Labute approximate surface area is 232 Å². The van der Waals surface area contributed by atoms with Crippen LogP contribution in [0.2, 0.25) is 0 Å². The van der Waals surface area contributed by atoms with Crippen LogP contribution in [-0.2, 0) is 34.3 Å². The minimum Gasteiger partial charge on any atom is -0.325 e. The molecule has 39 heavy (non-hydrogen) atoms. The van der Waals surface area contributed by atoms with Crippen molar-refractivity contribution in [3.05, 3.63) is 89.1 Å². The number of halogens is 2. The third-order valence-electron chi connectivity index (χ3n) is 6.23. The molecule has 13 heteroatoms. The Morgan fingerprint density at radius 3 is 2.38 bits per heavy atom. The highest BCUT2D eigenvalue weighted by atomic mass is 32.2. The minimum atomic E-state index is -4.35. The van der Waals surface area contributed by atoms with Crippen LogP contribution in [0.25, 0.3) is 0 Å². The molecular formula is C26H29F2N5O4S2. The van der Waals surface area contributed by atoms with Gasteiger partial charge in [-0.15, -0.1) is 0 Å². The zero-order valence-corrected chi connectivity index (χ0v) is 23.1. The van der Waals surface area contributed by atoms with Gasteiger partial charge in [-0.05, 0) is 59.9 Å². The molecule has 1 atom stereocenters. The number of carbonyl (C=O) groups excluding carboxylic acids is 2. The van der Waals surface area contributed by atoms with E-state index in [2.05, 4.69) is 10.3 Å². The summed E-state index contributed by atoms with van der Waals surface area (Å²) in [5, 5.41) is 2.37. The zero-order chi connectivity index (χ0) is 27.4. The molecule has 0 bridgehead atoms. The van der Waals surface area contributed by atoms with E-state index in [9.17, 15) is 26.8 Å². The van der Waals surface area contributed by atoms with Gasteiger partial charge in [0.1, 0.15) is 23.5 Å². The first kappa shape index (κ1) is 29.8. The van der Waals surface area contributed by atoms with E-state index >= 15 is 0 Å². The van der Waals surface area contributed by atoms with Crippen LogP contribution in [0.3, 0.4) is 0 Å². The molecule has 3 aromatic rings. The summed E-state index contributed by atoms with van der Waals surface area (Å²) in [6.07, 6.45) is 2.40. The number of hydrogen-bond acceptors (Lipinski definition) is 5. The summed E-state index contributed by atoms with van der Waals surface area (Å²) in [5.41, 5.74) is 2.41. The number of pyridine rings is 1. The molecule has 0 fully saturated rings. The molecule has 2 N–H and O–H groups in total. The fraction of sp³-hybridized carbons (Fsp3) is 0.269. The number of carbonyl (C=O) groups is 2. The van der Waals surface area contributed by atoms with Crippen molar-refractivity contribution in [2.45, 2.75) is 32.2 Å². The molecule has 0 radical (unpaired) electrons. The van der Waals surface area contributed by atoms with Gasteiger partial charge in [0.25, 0.3) is 0 Å². The third-order valence-corrected chi connectivity index (χ3v) is 7.61. The Hall–Kier alpha value is -3.71. The average Bonchev–Trinajstić information content (AvgIpc) is 3.32. The van der Waals surface area contributed by atoms with Crippen LogP contribution in [0.15, 0.2) is 60.8 Å². The lowest BCUT2D eigenvalue weighted by molar-refractivity contribution is -0.120. The second-order valence-corrected chi connectivity index (χ2v) is 10.4. The van der Waals surface area contributed by atoms with E-state index in [-0.39, 0.29) is 37.8 Å². The Kier molecular flexibility index (Phi) is 9.51. The molecule has 9 nitrogen and oxygen atoms in total. The Balaban J connectivity index is 0.00000420. The second-order valence-electron chi connectivity index (χ2n) is 8.84. The van der Waals surface area contributed by atoms with Crippen molar-refractivity contribution >= 4 is 47.1 Å². The number of nitrogens with zero attached hydrogens (tertiary/aromatic N) is 3. The van der Waals surface area contributed by atoms with E-state index in [1.165, 1.54) is 18.1 Å². The van der Waals surface area contributed by atoms with Crippen LogP contribution >= 0.6 is 13.5 Å². The summed E-state index contributed by atoms with van der Waals surface area (Å²) in [4.78, 5) is 31.6. The fourth-order valence-corrected chi connectivity index (χ4v) is 5.38. The van der Waals surface area contributed by atoms with Crippen LogP contribution < -0.4 is 19.2 Å². The molecule has 4 rings (SSSR count). The molecule has 1 aliphatic rings. The summed E-state index contributed by atoms with van der Waals surface area (Å²) >= 11 is 0. The van der Waals surface area contributed by atoms with E-state index in [0.29, 0.717) is 18.2 Å². The summed E-state index contributed by atoms with van der Waals surface area (Å²) in [7, 11) is -2.85. The molecule has 1 aromatic heterocycles. The molecule has 1 aliphatic heterocycles. The number of anilines is 2. The molecule has 0 aliphatic carbocycles. The predicted octanol–water partition coefficient (Wildman–Crippen LogP) is 3.22. The van der Waals surface area contributed by atoms with Gasteiger partial charge in [-0.2, -0.15) is 21.9 Å². The minimum absolute atomic E-state index is 0. The van der Waals surface area contributed by atoms with Crippen molar-refractivity contribution in [3.63, 3.8) is 0 Å². The molecule has 208 valence electrons. The van der Waals surface area contributed by atoms with Crippen molar-refractivity contribution in [1.29, 1.82) is 0 Å². The van der Waals surface area contributed by atoms with Crippen LogP contribution in [0.1, 0.15) is 23.6 Å². The van der Waals surface area contributed by atoms with Gasteiger partial charge in [0.2, 0.25) is 5.91 Å². The maximum atomic E-state index is 13.8. The molecular weight excluding hydrogens is 548 g/mol. The van der Waals surface area contributed by atoms with Gasteiger partial charge in [-0.1, -0.05) is 25.1 Å². The van der Waals surface area contributed by atoms with Crippen LogP contribution in [-0.4, -0.2) is 45.0 Å². The largest absolute Gasteiger partial charge is 0.330 e. The first-order valence-corrected chi connectivity index (χ1v) is 13.4. The first-order valence-electron chi connectivity index (χ1n) is 11.9. The predicted molar refractivity (Wildman–Crippen MR) is 149 cm³/mol. The SMILES string of the molecule is CCc1ccc(N(C)C(=O)[C@H](Cc2cc(F)cc(F)c2)NC(=O)NS(=O)(=O)N2CCc3cccnc32)cc1.S. The van der Waals surface area contributed by atoms with Crippen LogP contribution in [0, 0.1) is 11.6 Å².